The van der Waals surface area contributed by atoms with Crippen molar-refractivity contribution < 1.29 is 4.79 Å². The summed E-state index contributed by atoms with van der Waals surface area (Å²) in [5, 5.41) is 2.88. The molecule has 0 saturated heterocycles. The first-order valence-corrected chi connectivity index (χ1v) is 5.61. The van der Waals surface area contributed by atoms with Crippen LogP contribution in [0.3, 0.4) is 0 Å². The van der Waals surface area contributed by atoms with Crippen LogP contribution in [0.25, 0.3) is 0 Å². The van der Waals surface area contributed by atoms with Crippen molar-refractivity contribution in [1.29, 1.82) is 0 Å². The minimum atomic E-state index is -0.413. The molecule has 0 spiro atoms. The molecule has 4 heteroatoms. The number of nitrogens with one attached hydrogen (secondary N) is 1. The van der Waals surface area contributed by atoms with Crippen LogP contribution in [0.4, 0.5) is 0 Å². The normalized spacial score (nSPS) is 14.2. The Balaban J connectivity index is 2.51. The van der Waals surface area contributed by atoms with Gasteiger partial charge in [0.15, 0.2) is 0 Å². The molecule has 0 aliphatic carbocycles. The standard InChI is InChI=1S/C12H19N3O/c1-3-5-11(13)12(16)15-9(2)10-6-4-7-14-8-10/h4,6-9,11H,3,5,13H2,1-2H3,(H,15,16)/t9-,11?/m1/s1. The van der Waals surface area contributed by atoms with Crippen LogP contribution >= 0.6 is 0 Å². The third kappa shape index (κ3) is 3.62. The van der Waals surface area contributed by atoms with Gasteiger partial charge in [0.05, 0.1) is 12.1 Å². The molecule has 1 rings (SSSR count). The molecule has 88 valence electrons. The van der Waals surface area contributed by atoms with E-state index in [0.717, 1.165) is 12.0 Å². The first-order chi connectivity index (χ1) is 7.65. The summed E-state index contributed by atoms with van der Waals surface area (Å²) in [7, 11) is 0. The molecule has 1 aromatic rings. The van der Waals surface area contributed by atoms with Crippen LogP contribution in [0.15, 0.2) is 24.5 Å². The molecule has 16 heavy (non-hydrogen) atoms. The number of pyridine rings is 1. The second-order valence-electron chi connectivity index (χ2n) is 3.91. The van der Waals surface area contributed by atoms with E-state index in [4.69, 9.17) is 5.73 Å². The van der Waals surface area contributed by atoms with E-state index in [1.54, 1.807) is 12.4 Å². The minimum Gasteiger partial charge on any atom is -0.348 e. The van der Waals surface area contributed by atoms with E-state index in [1.807, 2.05) is 26.0 Å². The summed E-state index contributed by atoms with van der Waals surface area (Å²) in [6.45, 7) is 3.94. The molecule has 1 aromatic heterocycles. The van der Waals surface area contributed by atoms with Gasteiger partial charge in [-0.05, 0) is 25.0 Å². The Bertz CT molecular complexity index is 326. The Morgan fingerprint density at radius 3 is 2.94 bits per heavy atom. The van der Waals surface area contributed by atoms with Gasteiger partial charge >= 0.3 is 0 Å². The maximum absolute atomic E-state index is 11.7. The molecule has 0 radical (unpaired) electrons. The zero-order valence-corrected chi connectivity index (χ0v) is 9.81. The van der Waals surface area contributed by atoms with E-state index < -0.39 is 6.04 Å². The largest absolute Gasteiger partial charge is 0.348 e. The van der Waals surface area contributed by atoms with Gasteiger partial charge in [0.1, 0.15) is 0 Å². The molecule has 3 N–H and O–H groups in total. The zero-order chi connectivity index (χ0) is 12.0. The molecule has 0 aliphatic heterocycles. The van der Waals surface area contributed by atoms with Gasteiger partial charge in [-0.2, -0.15) is 0 Å². The summed E-state index contributed by atoms with van der Waals surface area (Å²) in [5.41, 5.74) is 6.71. The first kappa shape index (κ1) is 12.6. The zero-order valence-electron chi connectivity index (χ0n) is 9.81. The van der Waals surface area contributed by atoms with E-state index in [1.165, 1.54) is 0 Å². The fraction of sp³-hybridized carbons (Fsp3) is 0.500. The molecule has 1 amide bonds. The lowest BCUT2D eigenvalue weighted by Crippen LogP contribution is -2.41. The predicted octanol–water partition coefficient (Wildman–Crippen LogP) is 1.39. The lowest BCUT2D eigenvalue weighted by Gasteiger charge is -2.17. The Kier molecular flexibility index (Phi) is 4.92. The number of rotatable bonds is 5. The number of hydrogen-bond acceptors (Lipinski definition) is 3. The van der Waals surface area contributed by atoms with Gasteiger partial charge in [0.2, 0.25) is 5.91 Å². The highest BCUT2D eigenvalue weighted by Crippen LogP contribution is 2.10. The highest BCUT2D eigenvalue weighted by Gasteiger charge is 2.15. The molecular weight excluding hydrogens is 202 g/mol. The average molecular weight is 221 g/mol. The van der Waals surface area contributed by atoms with Crippen molar-refractivity contribution in [3.63, 3.8) is 0 Å². The van der Waals surface area contributed by atoms with Crippen LogP contribution in [0, 0.1) is 0 Å². The molecule has 4 nitrogen and oxygen atoms in total. The Hall–Kier alpha value is -1.42. The van der Waals surface area contributed by atoms with Crippen LogP contribution in [0.5, 0.6) is 0 Å². The summed E-state index contributed by atoms with van der Waals surface area (Å²) in [4.78, 5) is 15.7. The van der Waals surface area contributed by atoms with Gasteiger partial charge < -0.3 is 11.1 Å². The average Bonchev–Trinajstić information content (AvgIpc) is 2.30. The maximum atomic E-state index is 11.7. The molecule has 2 atom stereocenters. The number of hydrogen-bond donors (Lipinski definition) is 2. The van der Waals surface area contributed by atoms with Crippen molar-refractivity contribution in [3.8, 4) is 0 Å². The Morgan fingerprint density at radius 1 is 1.62 bits per heavy atom. The summed E-state index contributed by atoms with van der Waals surface area (Å²) in [6.07, 6.45) is 5.08. The lowest BCUT2D eigenvalue weighted by atomic mass is 10.1. The van der Waals surface area contributed by atoms with Crippen molar-refractivity contribution in [2.45, 2.75) is 38.8 Å². The van der Waals surface area contributed by atoms with Crippen LogP contribution in [0.1, 0.15) is 38.3 Å². The highest BCUT2D eigenvalue weighted by atomic mass is 16.2. The molecule has 0 bridgehead atoms. The molecule has 1 unspecified atom stereocenters. The summed E-state index contributed by atoms with van der Waals surface area (Å²) < 4.78 is 0. The molecule has 0 aromatic carbocycles. The van der Waals surface area contributed by atoms with Gasteiger partial charge in [-0.1, -0.05) is 19.4 Å². The van der Waals surface area contributed by atoms with Crippen molar-refractivity contribution in [3.05, 3.63) is 30.1 Å². The van der Waals surface area contributed by atoms with Gasteiger partial charge in [-0.15, -0.1) is 0 Å². The molecule has 0 saturated carbocycles. The third-order valence-electron chi connectivity index (χ3n) is 2.48. The first-order valence-electron chi connectivity index (χ1n) is 5.61. The SMILES string of the molecule is CCCC(N)C(=O)N[C@H](C)c1cccnc1. The van der Waals surface area contributed by atoms with Crippen molar-refractivity contribution in [2.24, 2.45) is 5.73 Å². The van der Waals surface area contributed by atoms with Crippen molar-refractivity contribution in [1.82, 2.24) is 10.3 Å². The van der Waals surface area contributed by atoms with Gasteiger partial charge in [-0.25, -0.2) is 0 Å². The van der Waals surface area contributed by atoms with Crippen LogP contribution < -0.4 is 11.1 Å². The second kappa shape index (κ2) is 6.23. The van der Waals surface area contributed by atoms with E-state index in [2.05, 4.69) is 10.3 Å². The monoisotopic (exact) mass is 221 g/mol. The number of carbonyl (C=O) groups is 1. The van der Waals surface area contributed by atoms with Crippen LogP contribution in [-0.2, 0) is 4.79 Å². The van der Waals surface area contributed by atoms with E-state index in [-0.39, 0.29) is 11.9 Å². The fourth-order valence-corrected chi connectivity index (χ4v) is 1.48. The summed E-state index contributed by atoms with van der Waals surface area (Å²) >= 11 is 0. The van der Waals surface area contributed by atoms with Crippen molar-refractivity contribution >= 4 is 5.91 Å². The third-order valence-corrected chi connectivity index (χ3v) is 2.48. The topological polar surface area (TPSA) is 68.0 Å². The Labute approximate surface area is 96.3 Å². The van der Waals surface area contributed by atoms with E-state index in [0.29, 0.717) is 6.42 Å². The maximum Gasteiger partial charge on any atom is 0.237 e. The van der Waals surface area contributed by atoms with Crippen LogP contribution in [0.2, 0.25) is 0 Å². The smallest absolute Gasteiger partial charge is 0.237 e. The second-order valence-corrected chi connectivity index (χ2v) is 3.91. The van der Waals surface area contributed by atoms with Gasteiger partial charge in [0.25, 0.3) is 0 Å². The number of carbonyl (C=O) groups excluding carboxylic acids is 1. The van der Waals surface area contributed by atoms with Gasteiger partial charge in [-0.3, -0.25) is 9.78 Å². The lowest BCUT2D eigenvalue weighted by molar-refractivity contribution is -0.123. The minimum absolute atomic E-state index is 0.0518. The van der Waals surface area contributed by atoms with E-state index >= 15 is 0 Å². The Morgan fingerprint density at radius 2 is 2.38 bits per heavy atom. The number of nitrogens with two attached hydrogens (primary N) is 1. The highest BCUT2D eigenvalue weighted by molar-refractivity contribution is 5.81. The molecule has 1 heterocycles. The molecular formula is C12H19N3O. The fourth-order valence-electron chi connectivity index (χ4n) is 1.48. The van der Waals surface area contributed by atoms with Gasteiger partial charge in [0, 0.05) is 12.4 Å². The number of nitrogens with zero attached hydrogens (tertiary/aromatic N) is 1. The summed E-state index contributed by atoms with van der Waals surface area (Å²) in [5.74, 6) is -0.0989. The molecule has 0 fully saturated rings. The van der Waals surface area contributed by atoms with E-state index in [9.17, 15) is 4.79 Å². The van der Waals surface area contributed by atoms with Crippen molar-refractivity contribution in [2.75, 3.05) is 0 Å². The summed E-state index contributed by atoms with van der Waals surface area (Å²) in [6, 6.07) is 3.32. The predicted molar refractivity (Wildman–Crippen MR) is 63.7 cm³/mol. The van der Waals surface area contributed by atoms with Crippen LogP contribution in [-0.4, -0.2) is 16.9 Å². The number of aromatic nitrogens is 1. The molecule has 0 aliphatic rings. The number of amides is 1. The quantitative estimate of drug-likeness (QED) is 0.789.